The lowest BCUT2D eigenvalue weighted by molar-refractivity contribution is -0.143. The minimum atomic E-state index is -0.824. The van der Waals surface area contributed by atoms with Crippen molar-refractivity contribution in [2.24, 2.45) is 5.92 Å². The Morgan fingerprint density at radius 2 is 2.21 bits per heavy atom. The molecule has 0 saturated carbocycles. The number of aryl methyl sites for hydroxylation is 2. The maximum Gasteiger partial charge on any atom is 0.308 e. The standard InChI is InChI=1S/C18H23N3O3/c1-3-6-14-15(21-10-4-7-12(2)16(21)19-14)17(22)20-9-5-8-13(11-20)18(23)24/h4,7,10,13H,3,5-6,8-9,11H2,1-2H3,(H,23,24). The molecule has 128 valence electrons. The third kappa shape index (κ3) is 2.88. The summed E-state index contributed by atoms with van der Waals surface area (Å²) in [6.07, 6.45) is 4.86. The molecule has 1 aliphatic heterocycles. The number of aliphatic carboxylic acids is 1. The average Bonchev–Trinajstić information content (AvgIpc) is 2.94. The van der Waals surface area contributed by atoms with Gasteiger partial charge >= 0.3 is 5.97 Å². The normalized spacial score (nSPS) is 18.1. The third-order valence-corrected chi connectivity index (χ3v) is 4.66. The molecule has 1 saturated heterocycles. The number of carboxylic acid groups (broad SMARTS) is 1. The van der Waals surface area contributed by atoms with E-state index in [1.807, 2.05) is 29.7 Å². The van der Waals surface area contributed by atoms with Gasteiger partial charge in [-0.15, -0.1) is 0 Å². The van der Waals surface area contributed by atoms with Crippen molar-refractivity contribution in [3.63, 3.8) is 0 Å². The predicted molar refractivity (Wildman–Crippen MR) is 90.2 cm³/mol. The summed E-state index contributed by atoms with van der Waals surface area (Å²) in [5.41, 5.74) is 3.21. The number of hydrogen-bond acceptors (Lipinski definition) is 3. The molecule has 6 nitrogen and oxygen atoms in total. The molecule has 1 unspecified atom stereocenters. The highest BCUT2D eigenvalue weighted by atomic mass is 16.4. The van der Waals surface area contributed by atoms with Crippen LogP contribution in [0.25, 0.3) is 5.65 Å². The van der Waals surface area contributed by atoms with Crippen molar-refractivity contribution in [1.29, 1.82) is 0 Å². The van der Waals surface area contributed by atoms with Crippen LogP contribution in [-0.4, -0.2) is 44.4 Å². The van der Waals surface area contributed by atoms with Gasteiger partial charge in [-0.05, 0) is 37.8 Å². The summed E-state index contributed by atoms with van der Waals surface area (Å²) in [7, 11) is 0. The van der Waals surface area contributed by atoms with E-state index in [9.17, 15) is 14.7 Å². The topological polar surface area (TPSA) is 74.9 Å². The third-order valence-electron chi connectivity index (χ3n) is 4.66. The number of hydrogen-bond donors (Lipinski definition) is 1. The quantitative estimate of drug-likeness (QED) is 0.935. The number of carbonyl (C=O) groups is 2. The number of fused-ring (bicyclic) bond motifs is 1. The first-order valence-corrected chi connectivity index (χ1v) is 8.51. The summed E-state index contributed by atoms with van der Waals surface area (Å²) in [6, 6.07) is 3.89. The second-order valence-electron chi connectivity index (χ2n) is 6.47. The van der Waals surface area contributed by atoms with E-state index in [1.54, 1.807) is 4.90 Å². The van der Waals surface area contributed by atoms with Crippen molar-refractivity contribution >= 4 is 17.5 Å². The second-order valence-corrected chi connectivity index (χ2v) is 6.47. The summed E-state index contributed by atoms with van der Waals surface area (Å²) >= 11 is 0. The highest BCUT2D eigenvalue weighted by Crippen LogP contribution is 2.23. The fourth-order valence-electron chi connectivity index (χ4n) is 3.40. The Kier molecular flexibility index (Phi) is 4.55. The number of pyridine rings is 1. The molecule has 1 atom stereocenters. The Morgan fingerprint density at radius 1 is 1.42 bits per heavy atom. The van der Waals surface area contributed by atoms with Crippen LogP contribution in [-0.2, 0) is 11.2 Å². The molecule has 0 aliphatic carbocycles. The van der Waals surface area contributed by atoms with Gasteiger partial charge in [-0.3, -0.25) is 14.0 Å². The molecule has 1 fully saturated rings. The zero-order chi connectivity index (χ0) is 17.3. The van der Waals surface area contributed by atoms with Gasteiger partial charge in [0, 0.05) is 19.3 Å². The van der Waals surface area contributed by atoms with Crippen LogP contribution in [0.3, 0.4) is 0 Å². The number of aromatic nitrogens is 2. The van der Waals surface area contributed by atoms with Gasteiger partial charge in [-0.25, -0.2) is 4.98 Å². The molecule has 2 aromatic heterocycles. The summed E-state index contributed by atoms with van der Waals surface area (Å²) in [6.45, 7) is 4.92. The van der Waals surface area contributed by atoms with Crippen molar-refractivity contribution in [3.05, 3.63) is 35.3 Å². The van der Waals surface area contributed by atoms with E-state index in [-0.39, 0.29) is 12.5 Å². The lowest BCUT2D eigenvalue weighted by atomic mass is 9.98. The molecular weight excluding hydrogens is 306 g/mol. The minimum Gasteiger partial charge on any atom is -0.481 e. The molecule has 0 spiro atoms. The lowest BCUT2D eigenvalue weighted by Gasteiger charge is -2.30. The van der Waals surface area contributed by atoms with Crippen LogP contribution >= 0.6 is 0 Å². The average molecular weight is 329 g/mol. The zero-order valence-electron chi connectivity index (χ0n) is 14.2. The van der Waals surface area contributed by atoms with Crippen LogP contribution in [0.1, 0.15) is 47.9 Å². The van der Waals surface area contributed by atoms with Crippen LogP contribution in [0.2, 0.25) is 0 Å². The Labute approximate surface area is 141 Å². The second kappa shape index (κ2) is 6.63. The minimum absolute atomic E-state index is 0.109. The Balaban J connectivity index is 2.01. The summed E-state index contributed by atoms with van der Waals surface area (Å²) in [5, 5.41) is 9.26. The zero-order valence-corrected chi connectivity index (χ0v) is 14.2. The molecule has 0 radical (unpaired) electrons. The van der Waals surface area contributed by atoms with Crippen molar-refractivity contribution in [2.45, 2.75) is 39.5 Å². The van der Waals surface area contributed by atoms with Gasteiger partial charge in [0.15, 0.2) is 0 Å². The number of rotatable bonds is 4. The van der Waals surface area contributed by atoms with E-state index < -0.39 is 11.9 Å². The van der Waals surface area contributed by atoms with Crippen molar-refractivity contribution in [2.75, 3.05) is 13.1 Å². The molecule has 3 rings (SSSR count). The maximum absolute atomic E-state index is 13.1. The molecule has 1 aliphatic rings. The highest BCUT2D eigenvalue weighted by Gasteiger charge is 2.31. The number of piperidine rings is 1. The number of nitrogens with zero attached hydrogens (tertiary/aromatic N) is 3. The molecule has 1 N–H and O–H groups in total. The number of likely N-dealkylation sites (tertiary alicyclic amines) is 1. The van der Waals surface area contributed by atoms with Gasteiger partial charge in [0.1, 0.15) is 11.3 Å². The van der Waals surface area contributed by atoms with E-state index in [4.69, 9.17) is 0 Å². The summed E-state index contributed by atoms with van der Waals surface area (Å²) in [5.74, 6) is -1.41. The van der Waals surface area contributed by atoms with Crippen LogP contribution in [0.5, 0.6) is 0 Å². The van der Waals surface area contributed by atoms with Crippen LogP contribution in [0, 0.1) is 12.8 Å². The molecule has 6 heteroatoms. The van der Waals surface area contributed by atoms with E-state index in [0.717, 1.165) is 36.2 Å². The fraction of sp³-hybridized carbons (Fsp3) is 0.500. The molecule has 0 bridgehead atoms. The van der Waals surface area contributed by atoms with Gasteiger partial charge in [0.25, 0.3) is 5.91 Å². The monoisotopic (exact) mass is 329 g/mol. The van der Waals surface area contributed by atoms with Crippen LogP contribution in [0.15, 0.2) is 18.3 Å². The Hall–Kier alpha value is -2.37. The molecule has 24 heavy (non-hydrogen) atoms. The molecule has 3 heterocycles. The van der Waals surface area contributed by atoms with Crippen molar-refractivity contribution in [3.8, 4) is 0 Å². The lowest BCUT2D eigenvalue weighted by Crippen LogP contribution is -2.43. The van der Waals surface area contributed by atoms with Crippen LogP contribution < -0.4 is 0 Å². The smallest absolute Gasteiger partial charge is 0.308 e. The van der Waals surface area contributed by atoms with Gasteiger partial charge < -0.3 is 10.0 Å². The van der Waals surface area contributed by atoms with Gasteiger partial charge in [-0.2, -0.15) is 0 Å². The highest BCUT2D eigenvalue weighted by molar-refractivity contribution is 5.95. The Bertz CT molecular complexity index is 781. The molecule has 0 aromatic carbocycles. The largest absolute Gasteiger partial charge is 0.481 e. The van der Waals surface area contributed by atoms with E-state index in [0.29, 0.717) is 18.7 Å². The van der Waals surface area contributed by atoms with E-state index >= 15 is 0 Å². The maximum atomic E-state index is 13.1. The van der Waals surface area contributed by atoms with Gasteiger partial charge in [-0.1, -0.05) is 19.4 Å². The first-order valence-electron chi connectivity index (χ1n) is 8.51. The molecule has 2 aromatic rings. The fourth-order valence-corrected chi connectivity index (χ4v) is 3.40. The number of carboxylic acids is 1. The number of amides is 1. The first-order chi connectivity index (χ1) is 11.5. The summed E-state index contributed by atoms with van der Waals surface area (Å²) in [4.78, 5) is 30.7. The van der Waals surface area contributed by atoms with E-state index in [2.05, 4.69) is 11.9 Å². The van der Waals surface area contributed by atoms with Crippen molar-refractivity contribution < 1.29 is 14.7 Å². The first kappa shape index (κ1) is 16.5. The van der Waals surface area contributed by atoms with Gasteiger partial charge in [0.05, 0.1) is 11.6 Å². The molecule has 1 amide bonds. The number of carbonyl (C=O) groups excluding carboxylic acids is 1. The van der Waals surface area contributed by atoms with Crippen LogP contribution in [0.4, 0.5) is 0 Å². The molecular formula is C18H23N3O3. The van der Waals surface area contributed by atoms with Gasteiger partial charge in [0.2, 0.25) is 0 Å². The SMILES string of the molecule is CCCc1nc2c(C)cccn2c1C(=O)N1CCCC(C(=O)O)C1. The van der Waals surface area contributed by atoms with Crippen molar-refractivity contribution in [1.82, 2.24) is 14.3 Å². The number of imidazole rings is 1. The Morgan fingerprint density at radius 3 is 2.92 bits per heavy atom. The predicted octanol–water partition coefficient (Wildman–Crippen LogP) is 2.53. The summed E-state index contributed by atoms with van der Waals surface area (Å²) < 4.78 is 1.85. The van der Waals surface area contributed by atoms with E-state index in [1.165, 1.54) is 0 Å².